The van der Waals surface area contributed by atoms with E-state index in [1.54, 1.807) is 0 Å². The fraction of sp³-hybridized carbons (Fsp3) is 0. The fourth-order valence-electron chi connectivity index (χ4n) is 0. The quantitative estimate of drug-likeness (QED) is 0.168. The van der Waals surface area contributed by atoms with Crippen LogP contribution >= 0.6 is 0 Å². The summed E-state index contributed by atoms with van der Waals surface area (Å²) in [5.41, 5.74) is 0. The maximum atomic E-state index is 9.75. The second-order valence-corrected chi connectivity index (χ2v) is 5.94. The Kier molecular flexibility index (Phi) is 59.2. The van der Waals surface area contributed by atoms with Gasteiger partial charge in [0.15, 0.2) is 0 Å². The van der Waals surface area contributed by atoms with Crippen molar-refractivity contribution < 1.29 is 207 Å². The van der Waals surface area contributed by atoms with Gasteiger partial charge in [-0.1, -0.05) is 0 Å². The molecule has 0 rings (SSSR count). The average Bonchev–Trinajstić information content (AvgIpc) is 2.48. The number of hydrogen-bond acceptors (Lipinski definition) is 0. The summed E-state index contributed by atoms with van der Waals surface area (Å²) < 4.78 is 468. The molecule has 61 heteroatoms. The van der Waals surface area contributed by atoms with Crippen LogP contribution < -0.4 is 0 Å². The molecule has 0 aliphatic rings. The summed E-state index contributed by atoms with van der Waals surface area (Å²) >= 11 is 0. The molecule has 0 aliphatic heterocycles. The second kappa shape index (κ2) is 38.5. The van der Waals surface area contributed by atoms with E-state index in [0.29, 0.717) is 0 Å². The SMILES string of the molecule is F[B-](F)(F)F.F[B-](F)(F)F.F[B-](F)(F)F.F[B-](F)(F)F.F[B-](F)(F)F.F[B-](F)(F)F.F[B-](F)(F)F.F[B-](F)(F)F.F[B-](F)(F)F.F[B-](F)(F)F.F[B-](F)(F)F.F[B-](F)(F)F.[Li]. The molecule has 0 N–H and O–H groups in total. The molecule has 0 aromatic carbocycles. The Hall–Kier alpha value is -1.98. The normalized spacial score (nSPS) is 11.8. The van der Waals surface area contributed by atoms with Gasteiger partial charge in [-0.15, -0.1) is 0 Å². The van der Waals surface area contributed by atoms with Gasteiger partial charge >= 0.3 is 87.1 Å². The van der Waals surface area contributed by atoms with E-state index in [-0.39, 0.29) is 18.9 Å². The Balaban J connectivity index is -0.0000000374. The summed E-state index contributed by atoms with van der Waals surface area (Å²) in [5.74, 6) is 0. The second-order valence-electron chi connectivity index (χ2n) is 5.94. The Morgan fingerprint density at radius 3 is 0.0820 bits per heavy atom. The molecule has 385 valence electrons. The van der Waals surface area contributed by atoms with Gasteiger partial charge in [0.1, 0.15) is 0 Å². The summed E-state index contributed by atoms with van der Waals surface area (Å²) in [6.45, 7) is 0. The topological polar surface area (TPSA) is 0 Å². The van der Waals surface area contributed by atoms with Crippen LogP contribution in [-0.2, 0) is 0 Å². The fourth-order valence-corrected chi connectivity index (χ4v) is 0. The van der Waals surface area contributed by atoms with Crippen LogP contribution in [0.25, 0.3) is 0 Å². The Morgan fingerprint density at radius 2 is 0.0820 bits per heavy atom. The van der Waals surface area contributed by atoms with Crippen molar-refractivity contribution in [2.75, 3.05) is 0 Å². The number of hydrogen-bond donors (Lipinski definition) is 0. The molecule has 0 unspecified atom stereocenters. The minimum atomic E-state index is -6.00. The molecule has 0 aromatic heterocycles. The summed E-state index contributed by atoms with van der Waals surface area (Å²) in [6.07, 6.45) is 0. The standard InChI is InChI=1S/12BF4.Li/c12*2-1(3,4)5;/q12*-1;. The maximum absolute atomic E-state index is 9.75. The zero-order valence-corrected chi connectivity index (χ0v) is 26.1. The van der Waals surface area contributed by atoms with E-state index in [2.05, 4.69) is 0 Å². The van der Waals surface area contributed by atoms with Gasteiger partial charge in [0, 0.05) is 18.9 Å². The van der Waals surface area contributed by atoms with Crippen molar-refractivity contribution in [1.82, 2.24) is 0 Å². The van der Waals surface area contributed by atoms with E-state index in [1.807, 2.05) is 0 Å². The summed E-state index contributed by atoms with van der Waals surface area (Å²) in [4.78, 5) is 0. The summed E-state index contributed by atoms with van der Waals surface area (Å²) in [7, 11) is -72.0. The Labute approximate surface area is 314 Å². The molecule has 0 fully saturated rings. The van der Waals surface area contributed by atoms with Crippen molar-refractivity contribution in [3.8, 4) is 0 Å². The van der Waals surface area contributed by atoms with Crippen molar-refractivity contribution in [2.45, 2.75) is 0 Å². The van der Waals surface area contributed by atoms with Crippen molar-refractivity contribution in [1.29, 1.82) is 0 Å². The van der Waals surface area contributed by atoms with Crippen LogP contribution in [0.1, 0.15) is 0 Å². The molecule has 61 heavy (non-hydrogen) atoms. The minimum absolute atomic E-state index is 0. The van der Waals surface area contributed by atoms with E-state index >= 15 is 0 Å². The van der Waals surface area contributed by atoms with Gasteiger partial charge in [0.2, 0.25) is 0 Å². The molecule has 0 heterocycles. The van der Waals surface area contributed by atoms with E-state index in [1.165, 1.54) is 0 Å². The van der Waals surface area contributed by atoms with Gasteiger partial charge < -0.3 is 207 Å². The van der Waals surface area contributed by atoms with Gasteiger partial charge in [-0.3, -0.25) is 0 Å². The van der Waals surface area contributed by atoms with Crippen LogP contribution in [0.3, 0.4) is 0 Å². The van der Waals surface area contributed by atoms with Crippen molar-refractivity contribution in [3.63, 3.8) is 0 Å². The molecule has 0 spiro atoms. The Bertz CT molecular complexity index is 495. The van der Waals surface area contributed by atoms with Crippen LogP contribution in [0.15, 0.2) is 0 Å². The largest absolute Gasteiger partial charge is 0.673 e. The third-order valence-electron chi connectivity index (χ3n) is 0. The van der Waals surface area contributed by atoms with Crippen LogP contribution in [0.4, 0.5) is 207 Å². The first-order valence-electron chi connectivity index (χ1n) is 10.5. The average molecular weight is 1050 g/mol. The van der Waals surface area contributed by atoms with Crippen LogP contribution in [0, 0.1) is 0 Å². The molecule has 0 nitrogen and oxygen atoms in total. The monoisotopic (exact) mass is 1050 g/mol. The first-order chi connectivity index (χ1) is 24.0. The van der Waals surface area contributed by atoms with Crippen molar-refractivity contribution in [2.24, 2.45) is 0 Å². The first-order valence-corrected chi connectivity index (χ1v) is 10.5. The van der Waals surface area contributed by atoms with E-state index in [0.717, 1.165) is 0 Å². The van der Waals surface area contributed by atoms with Gasteiger partial charge in [-0.05, 0) is 0 Å². The molecular formula is B12F48Li-12. The third-order valence-corrected chi connectivity index (χ3v) is 0. The molecule has 0 amide bonds. The zero-order chi connectivity index (χ0) is 54.0. The molecule has 0 aromatic rings. The van der Waals surface area contributed by atoms with E-state index in [4.69, 9.17) is 0 Å². The van der Waals surface area contributed by atoms with Gasteiger partial charge in [0.25, 0.3) is 0 Å². The molecule has 0 aliphatic carbocycles. The van der Waals surface area contributed by atoms with Gasteiger partial charge in [0.05, 0.1) is 0 Å². The third kappa shape index (κ3) is 46300. The number of halogens is 48. The summed E-state index contributed by atoms with van der Waals surface area (Å²) in [6, 6.07) is 0. The molecule has 0 bridgehead atoms. The van der Waals surface area contributed by atoms with E-state index in [9.17, 15) is 207 Å². The molecule has 0 saturated heterocycles. The van der Waals surface area contributed by atoms with Crippen LogP contribution in [-0.4, -0.2) is 106 Å². The van der Waals surface area contributed by atoms with Crippen molar-refractivity contribution in [3.05, 3.63) is 0 Å². The Morgan fingerprint density at radius 1 is 0.0820 bits per heavy atom. The van der Waals surface area contributed by atoms with Gasteiger partial charge in [-0.2, -0.15) is 0 Å². The zero-order valence-electron chi connectivity index (χ0n) is 26.1. The van der Waals surface area contributed by atoms with E-state index < -0.39 is 87.1 Å². The molecule has 0 atom stereocenters. The minimum Gasteiger partial charge on any atom is -0.418 e. The maximum Gasteiger partial charge on any atom is 0.673 e. The predicted octanol–water partition coefficient (Wildman–Crippen LogP) is 15.2. The summed E-state index contributed by atoms with van der Waals surface area (Å²) in [5, 5.41) is 0. The molecular weight excluding hydrogens is 1050 g/mol. The van der Waals surface area contributed by atoms with Crippen LogP contribution in [0.5, 0.6) is 0 Å². The first kappa shape index (κ1) is 93.8. The molecule has 0 saturated carbocycles. The number of rotatable bonds is 0. The van der Waals surface area contributed by atoms with Crippen molar-refractivity contribution >= 4 is 106 Å². The molecule has 1 radical (unpaired) electrons. The smallest absolute Gasteiger partial charge is 0.418 e. The predicted molar refractivity (Wildman–Crippen MR) is 128 cm³/mol. The van der Waals surface area contributed by atoms with Crippen LogP contribution in [0.2, 0.25) is 0 Å². The van der Waals surface area contributed by atoms with Gasteiger partial charge in [-0.25, -0.2) is 0 Å².